The largest absolute Gasteiger partial charge is 0.334 e. The predicted molar refractivity (Wildman–Crippen MR) is 74.9 cm³/mol. The molecule has 1 amide bonds. The summed E-state index contributed by atoms with van der Waals surface area (Å²) in [5.74, 6) is 0.0994. The van der Waals surface area contributed by atoms with Gasteiger partial charge in [0.25, 0.3) is 5.91 Å². The van der Waals surface area contributed by atoms with Gasteiger partial charge in [-0.25, -0.2) is 0 Å². The van der Waals surface area contributed by atoms with Gasteiger partial charge >= 0.3 is 0 Å². The summed E-state index contributed by atoms with van der Waals surface area (Å²) < 4.78 is 1.72. The van der Waals surface area contributed by atoms with E-state index in [1.54, 1.807) is 4.68 Å². The number of nitrogens with two attached hydrogens (primary N) is 1. The molecule has 1 fully saturated rings. The molecule has 2 N–H and O–H groups in total. The van der Waals surface area contributed by atoms with Crippen LogP contribution in [0.5, 0.6) is 0 Å². The van der Waals surface area contributed by atoms with Crippen LogP contribution in [-0.4, -0.2) is 39.7 Å². The molecule has 0 unspecified atom stereocenters. The summed E-state index contributed by atoms with van der Waals surface area (Å²) in [7, 11) is 1.86. The number of carbonyl (C=O) groups is 1. The van der Waals surface area contributed by atoms with Gasteiger partial charge in [-0.1, -0.05) is 19.8 Å². The van der Waals surface area contributed by atoms with E-state index in [1.807, 2.05) is 25.1 Å². The molecule has 2 rings (SSSR count). The van der Waals surface area contributed by atoms with Gasteiger partial charge in [-0.05, 0) is 19.3 Å². The van der Waals surface area contributed by atoms with Crippen LogP contribution in [0.15, 0.2) is 6.20 Å². The SMILES string of the molecule is CCc1nn(C)cc1C(=O)N(CCN)C1CCCC1. The molecular formula is C14H24N4O. The molecular weight excluding hydrogens is 240 g/mol. The highest BCUT2D eigenvalue weighted by molar-refractivity contribution is 5.95. The number of amides is 1. The number of carbonyl (C=O) groups excluding carboxylic acids is 1. The summed E-state index contributed by atoms with van der Waals surface area (Å²) in [5.41, 5.74) is 7.30. The van der Waals surface area contributed by atoms with Crippen molar-refractivity contribution >= 4 is 5.91 Å². The van der Waals surface area contributed by atoms with Gasteiger partial charge in [-0.3, -0.25) is 9.48 Å². The van der Waals surface area contributed by atoms with E-state index in [1.165, 1.54) is 12.8 Å². The molecule has 5 nitrogen and oxygen atoms in total. The first-order chi connectivity index (χ1) is 9.17. The Morgan fingerprint density at radius 1 is 1.53 bits per heavy atom. The van der Waals surface area contributed by atoms with Gasteiger partial charge in [0.1, 0.15) is 0 Å². The third-order valence-corrected chi connectivity index (χ3v) is 3.87. The maximum Gasteiger partial charge on any atom is 0.257 e. The molecule has 1 heterocycles. The van der Waals surface area contributed by atoms with E-state index in [0.29, 0.717) is 19.1 Å². The van der Waals surface area contributed by atoms with Crippen LogP contribution in [0.2, 0.25) is 0 Å². The molecule has 106 valence electrons. The van der Waals surface area contributed by atoms with Crippen LogP contribution >= 0.6 is 0 Å². The molecule has 0 bridgehead atoms. The van der Waals surface area contributed by atoms with Gasteiger partial charge in [0.2, 0.25) is 0 Å². The van der Waals surface area contributed by atoms with E-state index in [9.17, 15) is 4.79 Å². The highest BCUT2D eigenvalue weighted by Crippen LogP contribution is 2.25. The Morgan fingerprint density at radius 2 is 2.21 bits per heavy atom. The van der Waals surface area contributed by atoms with E-state index >= 15 is 0 Å². The highest BCUT2D eigenvalue weighted by Gasteiger charge is 2.28. The maximum absolute atomic E-state index is 12.7. The van der Waals surface area contributed by atoms with Crippen LogP contribution in [0.1, 0.15) is 48.7 Å². The van der Waals surface area contributed by atoms with E-state index in [2.05, 4.69) is 5.10 Å². The summed E-state index contributed by atoms with van der Waals surface area (Å²) in [6.45, 7) is 3.19. The third kappa shape index (κ3) is 2.97. The maximum atomic E-state index is 12.7. The molecule has 0 radical (unpaired) electrons. The minimum absolute atomic E-state index is 0.0994. The minimum atomic E-state index is 0.0994. The Morgan fingerprint density at radius 3 is 2.79 bits per heavy atom. The lowest BCUT2D eigenvalue weighted by Gasteiger charge is -2.28. The molecule has 19 heavy (non-hydrogen) atoms. The van der Waals surface area contributed by atoms with Crippen molar-refractivity contribution in [3.8, 4) is 0 Å². The van der Waals surface area contributed by atoms with E-state index in [4.69, 9.17) is 5.73 Å². The molecule has 1 aromatic heterocycles. The molecule has 5 heteroatoms. The zero-order valence-corrected chi connectivity index (χ0v) is 11.9. The van der Waals surface area contributed by atoms with Gasteiger partial charge in [-0.2, -0.15) is 5.10 Å². The van der Waals surface area contributed by atoms with Crippen LogP contribution in [0, 0.1) is 0 Å². The van der Waals surface area contributed by atoms with Crippen molar-refractivity contribution in [2.24, 2.45) is 12.8 Å². The summed E-state index contributed by atoms with van der Waals surface area (Å²) in [4.78, 5) is 14.7. The number of aromatic nitrogens is 2. The van der Waals surface area contributed by atoms with Crippen molar-refractivity contribution in [1.82, 2.24) is 14.7 Å². The topological polar surface area (TPSA) is 64.2 Å². The quantitative estimate of drug-likeness (QED) is 0.872. The predicted octanol–water partition coefficient (Wildman–Crippen LogP) is 1.33. The molecule has 1 aliphatic rings. The molecule has 0 saturated heterocycles. The van der Waals surface area contributed by atoms with Gasteiger partial charge in [0, 0.05) is 32.4 Å². The van der Waals surface area contributed by atoms with Crippen LogP contribution in [0.25, 0.3) is 0 Å². The highest BCUT2D eigenvalue weighted by atomic mass is 16.2. The number of rotatable bonds is 5. The smallest absolute Gasteiger partial charge is 0.257 e. The van der Waals surface area contributed by atoms with Crippen LogP contribution in [0.3, 0.4) is 0 Å². The fourth-order valence-corrected chi connectivity index (χ4v) is 2.93. The van der Waals surface area contributed by atoms with Crippen molar-refractivity contribution in [3.63, 3.8) is 0 Å². The van der Waals surface area contributed by atoms with Crippen LogP contribution < -0.4 is 5.73 Å². The normalized spacial score (nSPS) is 15.9. The number of hydrogen-bond donors (Lipinski definition) is 1. The average molecular weight is 264 g/mol. The fraction of sp³-hybridized carbons (Fsp3) is 0.714. The number of aryl methyl sites for hydroxylation is 2. The average Bonchev–Trinajstić information content (AvgIpc) is 3.04. The molecule has 0 aromatic carbocycles. The lowest BCUT2D eigenvalue weighted by atomic mass is 10.1. The standard InChI is InChI=1S/C14H24N4O/c1-3-13-12(10-17(2)16-13)14(19)18(9-8-15)11-6-4-5-7-11/h10-11H,3-9,15H2,1-2H3. The second kappa shape index (κ2) is 6.19. The zero-order valence-electron chi connectivity index (χ0n) is 11.9. The van der Waals surface area contributed by atoms with Gasteiger partial charge in [0.15, 0.2) is 0 Å². The third-order valence-electron chi connectivity index (χ3n) is 3.87. The fourth-order valence-electron chi connectivity index (χ4n) is 2.93. The van der Waals surface area contributed by atoms with Crippen LogP contribution in [-0.2, 0) is 13.5 Å². The Bertz CT molecular complexity index is 435. The van der Waals surface area contributed by atoms with Crippen LogP contribution in [0.4, 0.5) is 0 Å². The number of nitrogens with zero attached hydrogens (tertiary/aromatic N) is 3. The van der Waals surface area contributed by atoms with E-state index < -0.39 is 0 Å². The Kier molecular flexibility index (Phi) is 4.58. The molecule has 1 aliphatic carbocycles. The molecule has 0 atom stereocenters. The monoisotopic (exact) mass is 264 g/mol. The van der Waals surface area contributed by atoms with Gasteiger partial charge in [-0.15, -0.1) is 0 Å². The Labute approximate surface area is 114 Å². The number of hydrogen-bond acceptors (Lipinski definition) is 3. The molecule has 1 aromatic rings. The zero-order chi connectivity index (χ0) is 13.8. The van der Waals surface area contributed by atoms with Crippen molar-refractivity contribution in [2.75, 3.05) is 13.1 Å². The first-order valence-corrected chi connectivity index (χ1v) is 7.21. The van der Waals surface area contributed by atoms with Gasteiger partial charge < -0.3 is 10.6 Å². The van der Waals surface area contributed by atoms with E-state index in [0.717, 1.165) is 30.5 Å². The molecule has 0 spiro atoms. The first-order valence-electron chi connectivity index (χ1n) is 7.21. The van der Waals surface area contributed by atoms with Gasteiger partial charge in [0.05, 0.1) is 11.3 Å². The lowest BCUT2D eigenvalue weighted by molar-refractivity contribution is 0.0687. The minimum Gasteiger partial charge on any atom is -0.334 e. The molecule has 0 aliphatic heterocycles. The van der Waals surface area contributed by atoms with Crippen molar-refractivity contribution in [2.45, 2.75) is 45.1 Å². The second-order valence-corrected chi connectivity index (χ2v) is 5.24. The second-order valence-electron chi connectivity index (χ2n) is 5.24. The summed E-state index contributed by atoms with van der Waals surface area (Å²) in [6.07, 6.45) is 7.25. The van der Waals surface area contributed by atoms with Crippen molar-refractivity contribution in [1.29, 1.82) is 0 Å². The summed E-state index contributed by atoms with van der Waals surface area (Å²) >= 11 is 0. The lowest BCUT2D eigenvalue weighted by Crippen LogP contribution is -2.42. The first kappa shape index (κ1) is 14.1. The van der Waals surface area contributed by atoms with E-state index in [-0.39, 0.29) is 5.91 Å². The van der Waals surface area contributed by atoms with Crippen molar-refractivity contribution < 1.29 is 4.79 Å². The Hall–Kier alpha value is -1.36. The van der Waals surface area contributed by atoms with Crippen molar-refractivity contribution in [3.05, 3.63) is 17.5 Å². The summed E-state index contributed by atoms with van der Waals surface area (Å²) in [6, 6.07) is 0.362. The summed E-state index contributed by atoms with van der Waals surface area (Å²) in [5, 5.41) is 4.36. The molecule has 1 saturated carbocycles. The Balaban J connectivity index is 2.22.